The van der Waals surface area contributed by atoms with Crippen LogP contribution in [0.5, 0.6) is 0 Å². The summed E-state index contributed by atoms with van der Waals surface area (Å²) >= 11 is 6.13. The van der Waals surface area contributed by atoms with Crippen LogP contribution in [0.1, 0.15) is 11.1 Å². The lowest BCUT2D eigenvalue weighted by Crippen LogP contribution is -2.25. The van der Waals surface area contributed by atoms with E-state index in [-0.39, 0.29) is 6.54 Å². The highest BCUT2D eigenvalue weighted by Crippen LogP contribution is 2.25. The van der Waals surface area contributed by atoms with Crippen LogP contribution in [-0.4, -0.2) is 35.1 Å². The van der Waals surface area contributed by atoms with Gasteiger partial charge in [0.1, 0.15) is 0 Å². The molecule has 1 heterocycles. The van der Waals surface area contributed by atoms with Crippen LogP contribution < -0.4 is 5.32 Å². The minimum absolute atomic E-state index is 0.285. The van der Waals surface area contributed by atoms with Crippen molar-refractivity contribution in [2.24, 2.45) is 4.99 Å². The molecule has 1 aliphatic heterocycles. The number of rotatable bonds is 1. The number of nitrogens with one attached hydrogen (secondary N) is 1. The van der Waals surface area contributed by atoms with Gasteiger partial charge in [-0.1, -0.05) is 29.8 Å². The quantitative estimate of drug-likeness (QED) is 0.628. The molecular weight excluding hydrogens is 286 g/mol. The maximum absolute atomic E-state index is 10.5. The number of halogens is 1. The van der Waals surface area contributed by atoms with Crippen molar-refractivity contribution >= 4 is 28.8 Å². The van der Waals surface area contributed by atoms with E-state index in [0.717, 1.165) is 16.8 Å². The summed E-state index contributed by atoms with van der Waals surface area (Å²) in [5.41, 5.74) is 3.34. The normalized spacial score (nSPS) is 16.4. The van der Waals surface area contributed by atoms with Crippen molar-refractivity contribution in [3.8, 4) is 0 Å². The number of fused-ring (bicyclic) bond motifs is 1. The fourth-order valence-electron chi connectivity index (χ4n) is 2.40. The molecule has 4 nitrogen and oxygen atoms in total. The van der Waals surface area contributed by atoms with E-state index >= 15 is 0 Å². The molecule has 0 spiro atoms. The zero-order chi connectivity index (χ0) is 14.8. The molecule has 2 N–H and O–H groups in total. The second-order valence-electron chi connectivity index (χ2n) is 4.76. The summed E-state index contributed by atoms with van der Waals surface area (Å²) in [5.74, 6) is 0.687. The van der Waals surface area contributed by atoms with Crippen LogP contribution in [0.15, 0.2) is 53.5 Å². The molecule has 5 heteroatoms. The zero-order valence-electron chi connectivity index (χ0n) is 11.5. The Balaban J connectivity index is 2.27. The molecule has 0 radical (unpaired) electrons. The summed E-state index contributed by atoms with van der Waals surface area (Å²) in [6.07, 6.45) is 0. The fraction of sp³-hybridized carbons (Fsp3) is 0.125. The molecule has 0 fully saturated rings. The Kier molecular flexibility index (Phi) is 3.62. The van der Waals surface area contributed by atoms with Crippen LogP contribution >= 0.6 is 11.6 Å². The first-order valence-corrected chi connectivity index (χ1v) is 6.98. The van der Waals surface area contributed by atoms with E-state index in [2.05, 4.69) is 10.3 Å². The van der Waals surface area contributed by atoms with Gasteiger partial charge in [0.15, 0.2) is 5.84 Å². The summed E-state index contributed by atoms with van der Waals surface area (Å²) in [5, 5.41) is 14.3. The maximum atomic E-state index is 10.5. The third kappa shape index (κ3) is 2.62. The molecule has 2 aromatic carbocycles. The topological polar surface area (TPSA) is 47.6 Å². The predicted octanol–water partition coefficient (Wildman–Crippen LogP) is 3.03. The number of benzene rings is 2. The number of benzodiazepines with no additional fused rings is 1. The molecular formula is C16H15ClN3O+. The van der Waals surface area contributed by atoms with Crippen molar-refractivity contribution < 1.29 is 9.95 Å². The standard InChI is InChI=1S/C16H14ClN3O/c1-18-15-10-20(21)16(11-5-3-2-4-6-11)13-9-12(17)7-8-14(13)19-15/h2-9,21H,10H2,1H3/p+1. The van der Waals surface area contributed by atoms with E-state index in [4.69, 9.17) is 11.6 Å². The molecule has 0 aliphatic carbocycles. The molecule has 0 amide bonds. The number of hydrogen-bond donors (Lipinski definition) is 2. The van der Waals surface area contributed by atoms with Crippen LogP contribution in [0, 0.1) is 0 Å². The summed E-state index contributed by atoms with van der Waals surface area (Å²) in [4.78, 5) is 4.16. The first-order chi connectivity index (χ1) is 10.2. The van der Waals surface area contributed by atoms with Gasteiger partial charge < -0.3 is 5.32 Å². The van der Waals surface area contributed by atoms with Crippen molar-refractivity contribution in [2.45, 2.75) is 0 Å². The second-order valence-corrected chi connectivity index (χ2v) is 5.19. The van der Waals surface area contributed by atoms with Crippen LogP contribution in [-0.2, 0) is 0 Å². The Morgan fingerprint density at radius 1 is 1.19 bits per heavy atom. The monoisotopic (exact) mass is 300 g/mol. The summed E-state index contributed by atoms with van der Waals surface area (Å²) in [6.45, 7) is 0.285. The van der Waals surface area contributed by atoms with Gasteiger partial charge in [0, 0.05) is 12.1 Å². The molecule has 0 aromatic heterocycles. The Morgan fingerprint density at radius 3 is 2.67 bits per heavy atom. The van der Waals surface area contributed by atoms with Gasteiger partial charge in [-0.05, 0) is 35.1 Å². The van der Waals surface area contributed by atoms with Crippen molar-refractivity contribution in [2.75, 3.05) is 18.9 Å². The highest BCUT2D eigenvalue weighted by atomic mass is 35.5. The molecule has 2 aromatic rings. The van der Waals surface area contributed by atoms with Gasteiger partial charge in [0.25, 0.3) is 5.71 Å². The number of hydrogen-bond acceptors (Lipinski definition) is 2. The lowest BCUT2D eigenvalue weighted by atomic mass is 10.0. The van der Waals surface area contributed by atoms with Gasteiger partial charge in [-0.2, -0.15) is 0 Å². The molecule has 0 atom stereocenters. The Bertz CT molecular complexity index is 738. The second kappa shape index (κ2) is 5.58. The number of aliphatic imine (C=N–C) groups is 1. The van der Waals surface area contributed by atoms with E-state index in [0.29, 0.717) is 16.6 Å². The molecule has 0 saturated heterocycles. The first-order valence-electron chi connectivity index (χ1n) is 6.60. The van der Waals surface area contributed by atoms with Crippen LogP contribution in [0.4, 0.5) is 5.69 Å². The SMILES string of the molecule is CN=C1C[N+](O)=C(c2ccccc2)c2cc(Cl)ccc2N1. The average Bonchev–Trinajstić information content (AvgIpc) is 2.63. The number of amidine groups is 1. The van der Waals surface area contributed by atoms with E-state index in [9.17, 15) is 5.21 Å². The largest absolute Gasteiger partial charge is 0.338 e. The minimum atomic E-state index is 0.285. The third-order valence-corrected chi connectivity index (χ3v) is 3.63. The Hall–Kier alpha value is -2.33. The van der Waals surface area contributed by atoms with E-state index < -0.39 is 0 Å². The van der Waals surface area contributed by atoms with E-state index in [1.165, 1.54) is 4.74 Å². The smallest absolute Gasteiger partial charge is 0.267 e. The van der Waals surface area contributed by atoms with Gasteiger partial charge >= 0.3 is 0 Å². The molecule has 0 unspecified atom stereocenters. The lowest BCUT2D eigenvalue weighted by molar-refractivity contribution is -0.764. The van der Waals surface area contributed by atoms with Crippen molar-refractivity contribution in [3.05, 3.63) is 64.7 Å². The van der Waals surface area contributed by atoms with Gasteiger partial charge in [-0.15, -0.1) is 0 Å². The van der Waals surface area contributed by atoms with Crippen molar-refractivity contribution in [1.82, 2.24) is 0 Å². The van der Waals surface area contributed by atoms with Crippen LogP contribution in [0.3, 0.4) is 0 Å². The molecule has 21 heavy (non-hydrogen) atoms. The minimum Gasteiger partial charge on any atom is -0.338 e. The van der Waals surface area contributed by atoms with Crippen molar-refractivity contribution in [1.29, 1.82) is 0 Å². The molecule has 3 rings (SSSR count). The number of nitrogens with zero attached hydrogens (tertiary/aromatic N) is 2. The highest BCUT2D eigenvalue weighted by molar-refractivity contribution is 6.31. The summed E-state index contributed by atoms with van der Waals surface area (Å²) in [7, 11) is 1.69. The van der Waals surface area contributed by atoms with E-state index in [1.807, 2.05) is 48.5 Å². The zero-order valence-corrected chi connectivity index (χ0v) is 12.3. The molecule has 0 bridgehead atoms. The van der Waals surface area contributed by atoms with Gasteiger partial charge in [-0.25, -0.2) is 0 Å². The highest BCUT2D eigenvalue weighted by Gasteiger charge is 2.28. The van der Waals surface area contributed by atoms with Crippen molar-refractivity contribution in [3.63, 3.8) is 0 Å². The molecule has 106 valence electrons. The molecule has 1 aliphatic rings. The van der Waals surface area contributed by atoms with Gasteiger partial charge in [-0.3, -0.25) is 10.2 Å². The predicted molar refractivity (Wildman–Crippen MR) is 85.0 cm³/mol. The van der Waals surface area contributed by atoms with Gasteiger partial charge in [0.05, 0.1) is 16.8 Å². The lowest BCUT2D eigenvalue weighted by Gasteiger charge is -2.07. The Labute approximate surface area is 128 Å². The maximum Gasteiger partial charge on any atom is 0.267 e. The molecule has 0 saturated carbocycles. The Morgan fingerprint density at radius 2 is 1.95 bits per heavy atom. The third-order valence-electron chi connectivity index (χ3n) is 3.39. The fourth-order valence-corrected chi connectivity index (χ4v) is 2.58. The number of hydroxylamine groups is 1. The summed E-state index contributed by atoms with van der Waals surface area (Å²) < 4.78 is 1.20. The van der Waals surface area contributed by atoms with Gasteiger partial charge in [0.2, 0.25) is 6.54 Å². The first kappa shape index (κ1) is 13.6. The average molecular weight is 301 g/mol. The number of anilines is 1. The van der Waals surface area contributed by atoms with Crippen LogP contribution in [0.2, 0.25) is 5.02 Å². The van der Waals surface area contributed by atoms with E-state index in [1.54, 1.807) is 7.05 Å². The summed E-state index contributed by atoms with van der Waals surface area (Å²) in [6, 6.07) is 15.3. The van der Waals surface area contributed by atoms with Crippen LogP contribution in [0.25, 0.3) is 0 Å².